The molecule has 11 nitrogen and oxygen atoms in total. The van der Waals surface area contributed by atoms with Crippen molar-refractivity contribution in [1.29, 1.82) is 5.26 Å². The number of ether oxygens (including phenoxy) is 3. The first-order valence-electron chi connectivity index (χ1n) is 13.2. The van der Waals surface area contributed by atoms with Crippen LogP contribution in [0.25, 0.3) is 0 Å². The Morgan fingerprint density at radius 1 is 1.24 bits per heavy atom. The normalized spacial score (nSPS) is 31.3. The van der Waals surface area contributed by atoms with Crippen molar-refractivity contribution in [2.45, 2.75) is 61.4 Å². The topological polar surface area (TPSA) is 143 Å². The standard InChI is InChI=1S/C25H30FN7O4S/c26-14-6-25(3-1-5-33(25)8-14)13-36-22-29-21(30-23(31-22)37-17-10-35-9-16(17)34)32-11-24(12-32)4-2-18-19(24)15(7-27)20(28)38-18/h14,16-17,34H,1-6,8-13,28H2/t14-,16-,17-,25+/m1/s1. The van der Waals surface area contributed by atoms with Gasteiger partial charge in [-0.2, -0.15) is 15.2 Å². The summed E-state index contributed by atoms with van der Waals surface area (Å²) in [7, 11) is 0. The van der Waals surface area contributed by atoms with E-state index >= 15 is 0 Å². The van der Waals surface area contributed by atoms with E-state index in [0.29, 0.717) is 49.2 Å². The molecule has 1 spiro atoms. The minimum atomic E-state index is -0.853. The summed E-state index contributed by atoms with van der Waals surface area (Å²) in [6.45, 7) is 3.31. The van der Waals surface area contributed by atoms with Crippen LogP contribution in [0.3, 0.4) is 0 Å². The number of hydrogen-bond acceptors (Lipinski definition) is 12. The maximum atomic E-state index is 14.2. The van der Waals surface area contributed by atoms with Crippen molar-refractivity contribution in [2.24, 2.45) is 0 Å². The van der Waals surface area contributed by atoms with Crippen LogP contribution >= 0.6 is 11.3 Å². The van der Waals surface area contributed by atoms with Crippen molar-refractivity contribution in [3.8, 4) is 18.1 Å². The number of aliphatic hydroxyl groups is 1. The molecule has 38 heavy (non-hydrogen) atoms. The monoisotopic (exact) mass is 543 g/mol. The fourth-order valence-electron chi connectivity index (χ4n) is 6.97. The molecule has 4 saturated heterocycles. The number of nitrogens with two attached hydrogens (primary N) is 1. The third kappa shape index (κ3) is 3.80. The van der Waals surface area contributed by atoms with Crippen LogP contribution in [0, 0.1) is 11.3 Å². The summed E-state index contributed by atoms with van der Waals surface area (Å²) < 4.78 is 31.6. The van der Waals surface area contributed by atoms with E-state index in [1.54, 1.807) is 0 Å². The Labute approximate surface area is 223 Å². The van der Waals surface area contributed by atoms with Gasteiger partial charge < -0.3 is 30.0 Å². The molecule has 4 aliphatic heterocycles. The zero-order valence-electron chi connectivity index (χ0n) is 20.9. The van der Waals surface area contributed by atoms with E-state index < -0.39 is 18.4 Å². The van der Waals surface area contributed by atoms with Crippen molar-refractivity contribution in [3.05, 3.63) is 16.0 Å². The predicted molar refractivity (Wildman–Crippen MR) is 135 cm³/mol. The molecule has 3 N–H and O–H groups in total. The quantitative estimate of drug-likeness (QED) is 0.542. The van der Waals surface area contributed by atoms with Crippen LogP contribution < -0.4 is 20.1 Å². The van der Waals surface area contributed by atoms with Gasteiger partial charge in [-0.1, -0.05) is 0 Å². The van der Waals surface area contributed by atoms with E-state index in [0.717, 1.165) is 37.8 Å². The van der Waals surface area contributed by atoms with Gasteiger partial charge >= 0.3 is 12.0 Å². The number of aromatic nitrogens is 3. The fraction of sp³-hybridized carbons (Fsp3) is 0.680. The van der Waals surface area contributed by atoms with E-state index in [9.17, 15) is 14.8 Å². The highest BCUT2D eigenvalue weighted by atomic mass is 32.1. The Hall–Kier alpha value is -2.79. The summed E-state index contributed by atoms with van der Waals surface area (Å²) >= 11 is 1.51. The number of thiophene rings is 1. The molecular weight excluding hydrogens is 513 g/mol. The summed E-state index contributed by atoms with van der Waals surface area (Å²) in [5.41, 5.74) is 7.32. The molecule has 0 radical (unpaired) electrons. The summed E-state index contributed by atoms with van der Waals surface area (Å²) in [5.74, 6) is 0.412. The highest BCUT2D eigenvalue weighted by Gasteiger charge is 2.52. The lowest BCUT2D eigenvalue weighted by Gasteiger charge is -2.48. The van der Waals surface area contributed by atoms with Crippen molar-refractivity contribution in [1.82, 2.24) is 19.9 Å². The number of aliphatic hydroxyl groups excluding tert-OH is 1. The van der Waals surface area contributed by atoms with Crippen molar-refractivity contribution >= 4 is 22.3 Å². The molecule has 0 saturated carbocycles. The molecule has 4 atom stereocenters. The zero-order chi connectivity index (χ0) is 26.1. The fourth-order valence-corrected chi connectivity index (χ4v) is 8.11. The van der Waals surface area contributed by atoms with Gasteiger partial charge in [-0.3, -0.25) is 4.90 Å². The van der Waals surface area contributed by atoms with Crippen LogP contribution in [-0.2, 0) is 16.6 Å². The van der Waals surface area contributed by atoms with Gasteiger partial charge in [-0.25, -0.2) is 4.39 Å². The van der Waals surface area contributed by atoms with Gasteiger partial charge in [0, 0.05) is 36.3 Å². The Morgan fingerprint density at radius 3 is 2.87 bits per heavy atom. The largest absolute Gasteiger partial charge is 0.461 e. The lowest BCUT2D eigenvalue weighted by Crippen LogP contribution is -2.59. The molecule has 0 bridgehead atoms. The lowest BCUT2D eigenvalue weighted by molar-refractivity contribution is 0.0648. The number of nitrogen functional groups attached to an aromatic ring is 1. The number of nitrogens with zero attached hydrogens (tertiary/aromatic N) is 6. The Kier molecular flexibility index (Phi) is 5.67. The molecule has 0 amide bonds. The van der Waals surface area contributed by atoms with Gasteiger partial charge in [-0.05, 0) is 37.8 Å². The molecule has 6 heterocycles. The van der Waals surface area contributed by atoms with E-state index in [-0.39, 0.29) is 36.2 Å². The van der Waals surface area contributed by atoms with Crippen LogP contribution in [0.1, 0.15) is 41.7 Å². The van der Waals surface area contributed by atoms with Gasteiger partial charge in [0.15, 0.2) is 6.10 Å². The third-order valence-corrected chi connectivity index (χ3v) is 9.90. The molecule has 2 aromatic heterocycles. The van der Waals surface area contributed by atoms with Crippen molar-refractivity contribution in [2.75, 3.05) is 56.6 Å². The average Bonchev–Trinajstić information content (AvgIpc) is 3.65. The number of halogens is 1. The molecule has 0 unspecified atom stereocenters. The molecule has 13 heteroatoms. The first-order valence-corrected chi connectivity index (χ1v) is 14.0. The maximum absolute atomic E-state index is 14.2. The molecule has 202 valence electrons. The zero-order valence-corrected chi connectivity index (χ0v) is 21.8. The van der Waals surface area contributed by atoms with Crippen molar-refractivity contribution < 1.29 is 23.7 Å². The number of nitriles is 1. The van der Waals surface area contributed by atoms with Crippen LogP contribution in [0.15, 0.2) is 0 Å². The van der Waals surface area contributed by atoms with Crippen LogP contribution in [-0.4, -0.2) is 94.9 Å². The number of fused-ring (bicyclic) bond motifs is 3. The second-order valence-electron chi connectivity index (χ2n) is 11.2. The summed E-state index contributed by atoms with van der Waals surface area (Å²) in [6.07, 6.45) is 1.98. The van der Waals surface area contributed by atoms with E-state index in [1.807, 2.05) is 4.90 Å². The van der Waals surface area contributed by atoms with Gasteiger partial charge in [0.1, 0.15) is 30.0 Å². The summed E-state index contributed by atoms with van der Waals surface area (Å²) in [6, 6.07) is 2.47. The summed E-state index contributed by atoms with van der Waals surface area (Å²) in [4.78, 5) is 18.9. The SMILES string of the molecule is N#Cc1c(N)sc2c1C1(CC2)CN(c2nc(OC[C@@]34CCCN3C[C@H](F)C4)nc(O[C@@H]3COC[C@H]3O)n2)C1. The third-order valence-electron chi connectivity index (χ3n) is 8.82. The minimum absolute atomic E-state index is 0.0562. The molecular formula is C25H30FN7O4S. The van der Waals surface area contributed by atoms with Gasteiger partial charge in [0.25, 0.3) is 0 Å². The van der Waals surface area contributed by atoms with E-state index in [4.69, 9.17) is 19.9 Å². The highest BCUT2D eigenvalue weighted by molar-refractivity contribution is 7.16. The number of aryl methyl sites for hydroxylation is 1. The minimum Gasteiger partial charge on any atom is -0.461 e. The highest BCUT2D eigenvalue weighted by Crippen LogP contribution is 2.52. The second-order valence-corrected chi connectivity index (χ2v) is 12.4. The lowest BCUT2D eigenvalue weighted by atomic mass is 9.74. The van der Waals surface area contributed by atoms with Gasteiger partial charge in [0.2, 0.25) is 5.95 Å². The number of rotatable bonds is 6. The van der Waals surface area contributed by atoms with E-state index in [1.165, 1.54) is 16.2 Å². The molecule has 5 aliphatic rings. The number of alkyl halides is 1. The van der Waals surface area contributed by atoms with Crippen molar-refractivity contribution in [3.63, 3.8) is 0 Å². The molecule has 7 rings (SSSR count). The Morgan fingerprint density at radius 2 is 2.08 bits per heavy atom. The summed E-state index contributed by atoms with van der Waals surface area (Å²) in [5, 5.41) is 20.5. The first kappa shape index (κ1) is 24.3. The van der Waals surface area contributed by atoms with Gasteiger partial charge in [-0.15, -0.1) is 16.3 Å². The smallest absolute Gasteiger partial charge is 0.324 e. The Bertz CT molecular complexity index is 1300. The molecule has 1 aliphatic carbocycles. The molecule has 2 aromatic rings. The van der Waals surface area contributed by atoms with Crippen LogP contribution in [0.2, 0.25) is 0 Å². The number of hydrogen-bond donors (Lipinski definition) is 2. The second kappa shape index (κ2) is 8.87. The maximum Gasteiger partial charge on any atom is 0.324 e. The van der Waals surface area contributed by atoms with E-state index in [2.05, 4.69) is 25.9 Å². The van der Waals surface area contributed by atoms with Crippen LogP contribution in [0.5, 0.6) is 12.0 Å². The molecule has 4 fully saturated rings. The Balaban J connectivity index is 1.14. The predicted octanol–water partition coefficient (Wildman–Crippen LogP) is 1.18. The molecule has 0 aromatic carbocycles. The number of anilines is 2. The first-order chi connectivity index (χ1) is 18.4. The average molecular weight is 544 g/mol. The van der Waals surface area contributed by atoms with Crippen LogP contribution in [0.4, 0.5) is 15.3 Å². The van der Waals surface area contributed by atoms with Gasteiger partial charge in [0.05, 0.1) is 24.3 Å².